The average molecular weight is 334 g/mol. The number of likely N-dealkylation sites (tertiary alicyclic amines) is 1. The SMILES string of the molecule is CN(C)CCc1c[nH]c2ccc(C(N3CCCC3)S(=O)[O-])cc12. The Bertz CT molecular complexity index is 692. The van der Waals surface area contributed by atoms with Crippen molar-refractivity contribution in [3.8, 4) is 0 Å². The molecule has 1 N–H and O–H groups in total. The highest BCUT2D eigenvalue weighted by atomic mass is 32.2. The van der Waals surface area contributed by atoms with Gasteiger partial charge < -0.3 is 14.4 Å². The lowest BCUT2D eigenvalue weighted by Crippen LogP contribution is -2.28. The van der Waals surface area contributed by atoms with Crippen LogP contribution in [-0.2, 0) is 17.5 Å². The van der Waals surface area contributed by atoms with E-state index in [0.717, 1.165) is 55.4 Å². The van der Waals surface area contributed by atoms with Crippen LogP contribution >= 0.6 is 0 Å². The van der Waals surface area contributed by atoms with Gasteiger partial charge >= 0.3 is 0 Å². The second-order valence-electron chi connectivity index (χ2n) is 6.53. The molecule has 0 radical (unpaired) electrons. The van der Waals surface area contributed by atoms with Crippen LogP contribution in [0.4, 0.5) is 0 Å². The molecule has 126 valence electrons. The van der Waals surface area contributed by atoms with Gasteiger partial charge in [-0.25, -0.2) is 0 Å². The number of fused-ring (bicyclic) bond motifs is 1. The molecule has 6 heteroatoms. The number of benzene rings is 1. The summed E-state index contributed by atoms with van der Waals surface area (Å²) >= 11 is -2.14. The lowest BCUT2D eigenvalue weighted by Gasteiger charge is -2.29. The minimum absolute atomic E-state index is 0.529. The summed E-state index contributed by atoms with van der Waals surface area (Å²) in [6.45, 7) is 2.69. The van der Waals surface area contributed by atoms with Crippen LogP contribution in [-0.4, -0.2) is 57.3 Å². The van der Waals surface area contributed by atoms with Crippen LogP contribution in [0.2, 0.25) is 0 Å². The molecule has 2 aromatic rings. The van der Waals surface area contributed by atoms with Crippen molar-refractivity contribution >= 4 is 22.0 Å². The normalized spacial score (nSPS) is 18.8. The fourth-order valence-corrected chi connectivity index (χ4v) is 4.14. The van der Waals surface area contributed by atoms with Crippen molar-refractivity contribution in [3.63, 3.8) is 0 Å². The number of aromatic nitrogens is 1. The lowest BCUT2D eigenvalue weighted by molar-refractivity contribution is 0.302. The molecule has 1 aromatic carbocycles. The van der Waals surface area contributed by atoms with Gasteiger partial charge in [-0.1, -0.05) is 6.07 Å². The minimum Gasteiger partial charge on any atom is -0.771 e. The molecule has 0 saturated carbocycles. The van der Waals surface area contributed by atoms with Crippen molar-refractivity contribution in [1.82, 2.24) is 14.8 Å². The number of aromatic amines is 1. The summed E-state index contributed by atoms with van der Waals surface area (Å²) in [5.74, 6) is 0. The van der Waals surface area contributed by atoms with E-state index in [4.69, 9.17) is 0 Å². The molecule has 1 aromatic heterocycles. The standard InChI is InChI=1S/C17H25N3O2S/c1-19(2)10-7-14-12-18-16-6-5-13(11-15(14)16)17(23(21)22)20-8-3-4-9-20/h5-6,11-12,17-18H,3-4,7-10H2,1-2H3,(H,21,22)/p-1. The number of rotatable bonds is 6. The zero-order valence-electron chi connectivity index (χ0n) is 13.7. The first-order valence-corrected chi connectivity index (χ1v) is 9.27. The van der Waals surface area contributed by atoms with Gasteiger partial charge in [0.2, 0.25) is 0 Å². The molecule has 2 heterocycles. The molecule has 3 rings (SSSR count). The van der Waals surface area contributed by atoms with Crippen molar-refractivity contribution < 1.29 is 8.76 Å². The van der Waals surface area contributed by atoms with Crippen molar-refractivity contribution in [2.45, 2.75) is 24.6 Å². The van der Waals surface area contributed by atoms with Crippen molar-refractivity contribution in [2.75, 3.05) is 33.7 Å². The molecule has 0 amide bonds. The molecular formula is C17H24N3O2S-. The molecule has 0 bridgehead atoms. The van der Waals surface area contributed by atoms with E-state index >= 15 is 0 Å². The van der Waals surface area contributed by atoms with Crippen LogP contribution in [0.3, 0.4) is 0 Å². The van der Waals surface area contributed by atoms with Crippen molar-refractivity contribution in [3.05, 3.63) is 35.5 Å². The third kappa shape index (κ3) is 3.66. The Morgan fingerprint density at radius 2 is 2.09 bits per heavy atom. The fourth-order valence-electron chi connectivity index (χ4n) is 3.32. The maximum Gasteiger partial charge on any atom is 0.0982 e. The molecule has 5 nitrogen and oxygen atoms in total. The topological polar surface area (TPSA) is 62.4 Å². The average Bonchev–Trinajstić information content (AvgIpc) is 3.14. The quantitative estimate of drug-likeness (QED) is 0.823. The van der Waals surface area contributed by atoms with Gasteiger partial charge in [0.1, 0.15) is 0 Å². The summed E-state index contributed by atoms with van der Waals surface area (Å²) < 4.78 is 23.6. The first-order valence-electron chi connectivity index (χ1n) is 8.13. The van der Waals surface area contributed by atoms with Gasteiger partial charge in [-0.2, -0.15) is 0 Å². The molecule has 23 heavy (non-hydrogen) atoms. The molecular weight excluding hydrogens is 310 g/mol. The van der Waals surface area contributed by atoms with Gasteiger partial charge in [0.05, 0.1) is 5.37 Å². The maximum absolute atomic E-state index is 11.8. The van der Waals surface area contributed by atoms with E-state index in [-0.39, 0.29) is 0 Å². The Hall–Kier alpha value is -1.21. The van der Waals surface area contributed by atoms with E-state index in [1.807, 2.05) is 18.3 Å². The van der Waals surface area contributed by atoms with Gasteiger partial charge in [0, 0.05) is 23.6 Å². The molecule has 1 saturated heterocycles. The summed E-state index contributed by atoms with van der Waals surface area (Å²) in [6, 6.07) is 5.99. The molecule has 1 aliphatic heterocycles. The first kappa shape index (κ1) is 16.6. The highest BCUT2D eigenvalue weighted by molar-refractivity contribution is 7.79. The molecule has 1 fully saturated rings. The van der Waals surface area contributed by atoms with Crippen LogP contribution in [0.25, 0.3) is 10.9 Å². The van der Waals surface area contributed by atoms with Crippen LogP contribution in [0.1, 0.15) is 29.3 Å². The monoisotopic (exact) mass is 334 g/mol. The van der Waals surface area contributed by atoms with E-state index in [9.17, 15) is 8.76 Å². The summed E-state index contributed by atoms with van der Waals surface area (Å²) in [4.78, 5) is 7.51. The van der Waals surface area contributed by atoms with Gasteiger partial charge in [0.15, 0.2) is 0 Å². The van der Waals surface area contributed by atoms with Gasteiger partial charge in [-0.3, -0.25) is 9.11 Å². The molecule has 1 aliphatic rings. The molecule has 2 atom stereocenters. The zero-order chi connectivity index (χ0) is 16.4. The largest absolute Gasteiger partial charge is 0.771 e. The van der Waals surface area contributed by atoms with Crippen LogP contribution in [0.5, 0.6) is 0 Å². The highest BCUT2D eigenvalue weighted by Crippen LogP contribution is 2.30. The number of nitrogens with one attached hydrogen (secondary N) is 1. The Kier molecular flexibility index (Phi) is 5.16. The maximum atomic E-state index is 11.8. The second-order valence-corrected chi connectivity index (χ2v) is 7.50. The lowest BCUT2D eigenvalue weighted by atomic mass is 10.1. The van der Waals surface area contributed by atoms with E-state index in [0.29, 0.717) is 0 Å². The third-order valence-corrected chi connectivity index (χ3v) is 5.49. The van der Waals surface area contributed by atoms with Crippen LogP contribution in [0.15, 0.2) is 24.4 Å². The molecule has 2 unspecified atom stereocenters. The predicted molar refractivity (Wildman–Crippen MR) is 93.0 cm³/mol. The highest BCUT2D eigenvalue weighted by Gasteiger charge is 2.24. The van der Waals surface area contributed by atoms with E-state index in [1.165, 1.54) is 5.56 Å². The van der Waals surface area contributed by atoms with E-state index in [2.05, 4.69) is 34.9 Å². The minimum atomic E-state index is -2.14. The summed E-state index contributed by atoms with van der Waals surface area (Å²) in [7, 11) is 4.12. The number of nitrogens with zero attached hydrogens (tertiary/aromatic N) is 2. The predicted octanol–water partition coefficient (Wildman–Crippen LogP) is 2.25. The van der Waals surface area contributed by atoms with Crippen LogP contribution in [0, 0.1) is 0 Å². The summed E-state index contributed by atoms with van der Waals surface area (Å²) in [5, 5.41) is 0.609. The Balaban J connectivity index is 1.93. The number of hydrogen-bond donors (Lipinski definition) is 1. The number of likely N-dealkylation sites (N-methyl/N-ethyl adjacent to an activating group) is 1. The van der Waals surface area contributed by atoms with Crippen molar-refractivity contribution in [1.29, 1.82) is 0 Å². The summed E-state index contributed by atoms with van der Waals surface area (Å²) in [5.41, 5.74) is 3.19. The second kappa shape index (κ2) is 7.13. The third-order valence-electron chi connectivity index (χ3n) is 4.56. The Labute approximate surface area is 139 Å². The molecule has 0 aliphatic carbocycles. The van der Waals surface area contributed by atoms with Crippen LogP contribution < -0.4 is 0 Å². The fraction of sp³-hybridized carbons (Fsp3) is 0.529. The summed E-state index contributed by atoms with van der Waals surface area (Å²) in [6.07, 6.45) is 5.14. The number of hydrogen-bond acceptors (Lipinski definition) is 4. The Morgan fingerprint density at radius 3 is 2.74 bits per heavy atom. The zero-order valence-corrected chi connectivity index (χ0v) is 14.6. The van der Waals surface area contributed by atoms with E-state index in [1.54, 1.807) is 0 Å². The first-order chi connectivity index (χ1) is 11.1. The van der Waals surface area contributed by atoms with Gasteiger partial charge in [-0.05, 0) is 80.8 Å². The van der Waals surface area contributed by atoms with Crippen molar-refractivity contribution in [2.24, 2.45) is 0 Å². The Morgan fingerprint density at radius 1 is 1.35 bits per heavy atom. The van der Waals surface area contributed by atoms with E-state index < -0.39 is 16.5 Å². The number of H-pyrrole nitrogens is 1. The van der Waals surface area contributed by atoms with Gasteiger partial charge in [0.25, 0.3) is 0 Å². The van der Waals surface area contributed by atoms with Gasteiger partial charge in [-0.15, -0.1) is 0 Å². The molecule has 0 spiro atoms. The smallest absolute Gasteiger partial charge is 0.0982 e.